The zero-order valence-corrected chi connectivity index (χ0v) is 11.0. The van der Waals surface area contributed by atoms with Crippen molar-refractivity contribution in [1.82, 2.24) is 14.8 Å². The first-order valence-corrected chi connectivity index (χ1v) is 6.36. The van der Waals surface area contributed by atoms with Gasteiger partial charge in [0.1, 0.15) is 12.4 Å². The monoisotopic (exact) mass is 262 g/mol. The normalized spacial score (nSPS) is 16.1. The fourth-order valence-electron chi connectivity index (χ4n) is 2.11. The molecule has 0 atom stereocenters. The van der Waals surface area contributed by atoms with Crippen LogP contribution in [0.3, 0.4) is 0 Å². The molecule has 1 aliphatic rings. The average molecular weight is 262 g/mol. The highest BCUT2D eigenvalue weighted by Crippen LogP contribution is 2.14. The van der Waals surface area contributed by atoms with E-state index in [-0.39, 0.29) is 24.9 Å². The summed E-state index contributed by atoms with van der Waals surface area (Å²) in [5.74, 6) is 0.346. The maximum atomic E-state index is 12.0. The minimum absolute atomic E-state index is 0.0103. The summed E-state index contributed by atoms with van der Waals surface area (Å²) in [7, 11) is 0. The number of amides is 2. The molecule has 1 aliphatic heterocycles. The van der Waals surface area contributed by atoms with Crippen LogP contribution in [0.4, 0.5) is 5.82 Å². The number of nitrogens with two attached hydrogens (primary N) is 1. The van der Waals surface area contributed by atoms with Gasteiger partial charge in [-0.05, 0) is 12.5 Å². The Balaban J connectivity index is 2.05. The number of nitrogens with zero attached hydrogens (tertiary/aromatic N) is 3. The number of nitrogen functional groups attached to an aromatic ring is 1. The van der Waals surface area contributed by atoms with Crippen molar-refractivity contribution in [2.45, 2.75) is 19.9 Å². The van der Waals surface area contributed by atoms with Gasteiger partial charge in [-0.15, -0.1) is 0 Å². The summed E-state index contributed by atoms with van der Waals surface area (Å²) in [4.78, 5) is 31.0. The zero-order chi connectivity index (χ0) is 13.8. The topological polar surface area (TPSA) is 79.5 Å². The largest absolute Gasteiger partial charge is 0.383 e. The predicted octanol–water partition coefficient (Wildman–Crippen LogP) is 0.245. The van der Waals surface area contributed by atoms with E-state index in [0.717, 1.165) is 12.0 Å². The predicted molar refractivity (Wildman–Crippen MR) is 70.9 cm³/mol. The van der Waals surface area contributed by atoms with Gasteiger partial charge in [-0.2, -0.15) is 0 Å². The first-order chi connectivity index (χ1) is 9.11. The lowest BCUT2D eigenvalue weighted by Gasteiger charge is -2.33. The number of aromatic nitrogens is 1. The number of hydrogen-bond acceptors (Lipinski definition) is 4. The van der Waals surface area contributed by atoms with Gasteiger partial charge >= 0.3 is 0 Å². The summed E-state index contributed by atoms with van der Waals surface area (Å²) < 4.78 is 0. The van der Waals surface area contributed by atoms with Gasteiger partial charge in [-0.25, -0.2) is 4.98 Å². The number of rotatable bonds is 4. The second kappa shape index (κ2) is 5.69. The molecule has 0 saturated carbocycles. The van der Waals surface area contributed by atoms with Gasteiger partial charge in [0.25, 0.3) is 0 Å². The Kier molecular flexibility index (Phi) is 3.99. The van der Waals surface area contributed by atoms with Gasteiger partial charge in [-0.1, -0.05) is 13.0 Å². The number of anilines is 1. The zero-order valence-electron chi connectivity index (χ0n) is 11.0. The summed E-state index contributed by atoms with van der Waals surface area (Å²) in [5.41, 5.74) is 6.52. The molecule has 2 heterocycles. The van der Waals surface area contributed by atoms with E-state index in [1.807, 2.05) is 13.0 Å². The highest BCUT2D eigenvalue weighted by Gasteiger charge is 2.29. The second-order valence-electron chi connectivity index (χ2n) is 4.61. The first-order valence-electron chi connectivity index (χ1n) is 6.36. The van der Waals surface area contributed by atoms with Crippen molar-refractivity contribution in [3.8, 4) is 0 Å². The fourth-order valence-corrected chi connectivity index (χ4v) is 2.11. The SMILES string of the molecule is CCCN1CC(=O)N(Cc2cccnc2N)CC1=O. The number of piperazine rings is 1. The third-order valence-corrected chi connectivity index (χ3v) is 3.14. The molecular weight excluding hydrogens is 244 g/mol. The number of carbonyl (C=O) groups excluding carboxylic acids is 2. The number of hydrogen-bond donors (Lipinski definition) is 1. The molecule has 0 aromatic carbocycles. The Morgan fingerprint density at radius 3 is 2.63 bits per heavy atom. The van der Waals surface area contributed by atoms with Gasteiger partial charge < -0.3 is 15.5 Å². The van der Waals surface area contributed by atoms with Crippen LogP contribution >= 0.6 is 0 Å². The number of carbonyl (C=O) groups is 2. The Bertz CT molecular complexity index is 489. The van der Waals surface area contributed by atoms with Crippen LogP contribution < -0.4 is 5.73 Å². The lowest BCUT2D eigenvalue weighted by atomic mass is 10.2. The summed E-state index contributed by atoms with van der Waals surface area (Å²) in [6.07, 6.45) is 2.46. The van der Waals surface area contributed by atoms with Crippen molar-refractivity contribution >= 4 is 17.6 Å². The van der Waals surface area contributed by atoms with Crippen LogP contribution in [0.15, 0.2) is 18.3 Å². The first kappa shape index (κ1) is 13.3. The third kappa shape index (κ3) is 3.01. The van der Waals surface area contributed by atoms with E-state index in [2.05, 4.69) is 4.98 Å². The lowest BCUT2D eigenvalue weighted by molar-refractivity contribution is -0.150. The molecule has 1 fully saturated rings. The highest BCUT2D eigenvalue weighted by molar-refractivity contribution is 5.92. The molecule has 19 heavy (non-hydrogen) atoms. The van der Waals surface area contributed by atoms with Crippen molar-refractivity contribution in [3.05, 3.63) is 23.9 Å². The Labute approximate surface area is 112 Å². The molecule has 2 N–H and O–H groups in total. The van der Waals surface area contributed by atoms with Crippen molar-refractivity contribution in [2.24, 2.45) is 0 Å². The second-order valence-corrected chi connectivity index (χ2v) is 4.61. The van der Waals surface area contributed by atoms with Gasteiger partial charge in [-0.3, -0.25) is 9.59 Å². The molecule has 1 aromatic rings. The summed E-state index contributed by atoms with van der Waals surface area (Å²) in [6.45, 7) is 3.23. The van der Waals surface area contributed by atoms with Crippen molar-refractivity contribution in [3.63, 3.8) is 0 Å². The molecule has 0 radical (unpaired) electrons. The van der Waals surface area contributed by atoms with Crippen LogP contribution in [0.5, 0.6) is 0 Å². The molecule has 2 rings (SSSR count). The van der Waals surface area contributed by atoms with Crippen LogP contribution in [-0.2, 0) is 16.1 Å². The summed E-state index contributed by atoms with van der Waals surface area (Å²) in [5, 5.41) is 0. The van der Waals surface area contributed by atoms with Crippen LogP contribution in [0.2, 0.25) is 0 Å². The molecule has 1 saturated heterocycles. The van der Waals surface area contributed by atoms with Gasteiger partial charge in [0.05, 0.1) is 6.54 Å². The molecular formula is C13H18N4O2. The molecule has 102 valence electrons. The van der Waals surface area contributed by atoms with Gasteiger partial charge in [0.2, 0.25) is 11.8 Å². The van der Waals surface area contributed by atoms with E-state index in [0.29, 0.717) is 18.9 Å². The van der Waals surface area contributed by atoms with E-state index >= 15 is 0 Å². The summed E-state index contributed by atoms with van der Waals surface area (Å²) in [6, 6.07) is 3.59. The Morgan fingerprint density at radius 2 is 1.95 bits per heavy atom. The van der Waals surface area contributed by atoms with Gasteiger partial charge in [0, 0.05) is 24.8 Å². The van der Waals surface area contributed by atoms with Crippen molar-refractivity contribution in [1.29, 1.82) is 0 Å². The van der Waals surface area contributed by atoms with Crippen molar-refractivity contribution < 1.29 is 9.59 Å². The molecule has 6 heteroatoms. The van der Waals surface area contributed by atoms with E-state index in [1.165, 1.54) is 4.90 Å². The maximum absolute atomic E-state index is 12.0. The maximum Gasteiger partial charge on any atom is 0.242 e. The standard InChI is InChI=1S/C13H18N4O2/c1-2-6-16-8-12(19)17(9-11(16)18)7-10-4-3-5-15-13(10)14/h3-5H,2,6-9H2,1H3,(H2,14,15). The summed E-state index contributed by atoms with van der Waals surface area (Å²) >= 11 is 0. The molecule has 0 spiro atoms. The van der Waals surface area contributed by atoms with Crippen LogP contribution in [0, 0.1) is 0 Å². The highest BCUT2D eigenvalue weighted by atomic mass is 16.2. The quantitative estimate of drug-likeness (QED) is 0.843. The Hall–Kier alpha value is -2.11. The Morgan fingerprint density at radius 1 is 1.26 bits per heavy atom. The van der Waals surface area contributed by atoms with E-state index in [4.69, 9.17) is 5.73 Å². The molecule has 0 aliphatic carbocycles. The van der Waals surface area contributed by atoms with Crippen molar-refractivity contribution in [2.75, 3.05) is 25.4 Å². The molecule has 1 aromatic heterocycles. The average Bonchev–Trinajstić information content (AvgIpc) is 2.38. The van der Waals surface area contributed by atoms with E-state index < -0.39 is 0 Å². The lowest BCUT2D eigenvalue weighted by Crippen LogP contribution is -2.53. The minimum Gasteiger partial charge on any atom is -0.383 e. The van der Waals surface area contributed by atoms with Crippen LogP contribution in [-0.4, -0.2) is 46.2 Å². The van der Waals surface area contributed by atoms with Gasteiger partial charge in [0.15, 0.2) is 0 Å². The molecule has 0 unspecified atom stereocenters. The molecule has 2 amide bonds. The minimum atomic E-state index is -0.0451. The smallest absolute Gasteiger partial charge is 0.242 e. The van der Waals surface area contributed by atoms with E-state index in [9.17, 15) is 9.59 Å². The van der Waals surface area contributed by atoms with Crippen LogP contribution in [0.25, 0.3) is 0 Å². The fraction of sp³-hybridized carbons (Fsp3) is 0.462. The van der Waals surface area contributed by atoms with Crippen LogP contribution in [0.1, 0.15) is 18.9 Å². The molecule has 6 nitrogen and oxygen atoms in total. The molecule has 0 bridgehead atoms. The van der Waals surface area contributed by atoms with E-state index in [1.54, 1.807) is 17.2 Å². The number of pyridine rings is 1. The third-order valence-electron chi connectivity index (χ3n) is 3.14.